The van der Waals surface area contributed by atoms with Crippen molar-refractivity contribution in [1.29, 1.82) is 0 Å². The zero-order valence-electron chi connectivity index (χ0n) is 13.3. The lowest BCUT2D eigenvalue weighted by molar-refractivity contribution is 0.380. The molecule has 6 rings (SSSR count). The van der Waals surface area contributed by atoms with Crippen LogP contribution in [-0.2, 0) is 0 Å². The molecule has 1 saturated carbocycles. The molecule has 0 saturated heterocycles. The van der Waals surface area contributed by atoms with Crippen LogP contribution in [0.4, 0.5) is 5.82 Å². The molecule has 2 aliphatic heterocycles. The van der Waals surface area contributed by atoms with Gasteiger partial charge in [0.2, 0.25) is 11.7 Å². The van der Waals surface area contributed by atoms with E-state index in [0.29, 0.717) is 11.7 Å². The van der Waals surface area contributed by atoms with Crippen LogP contribution in [-0.4, -0.2) is 26.2 Å². The van der Waals surface area contributed by atoms with E-state index < -0.39 is 0 Å². The first kappa shape index (κ1) is 13.7. The number of nitrogens with zero attached hydrogens (tertiary/aromatic N) is 5. The minimum atomic E-state index is 0.432. The van der Waals surface area contributed by atoms with Gasteiger partial charge in [-0.3, -0.25) is 4.57 Å². The summed E-state index contributed by atoms with van der Waals surface area (Å²) < 4.78 is 7.51. The second-order valence-corrected chi connectivity index (χ2v) is 7.09. The standard InChI is InChI=1S/C18H14ClN5O/c19-11-3-1-4-13-14(11)12-5-2-8-23(12)18-15(20-9-24(13)18)16-21-17(25-22-16)10-6-7-10/h1,3-5,9-10H,2,6-8H2. The third kappa shape index (κ3) is 1.83. The zero-order valence-corrected chi connectivity index (χ0v) is 14.1. The van der Waals surface area contributed by atoms with Crippen LogP contribution in [0.1, 0.15) is 36.6 Å². The molecule has 0 spiro atoms. The van der Waals surface area contributed by atoms with Gasteiger partial charge in [-0.2, -0.15) is 4.98 Å². The smallest absolute Gasteiger partial charge is 0.230 e. The molecule has 25 heavy (non-hydrogen) atoms. The number of halogens is 1. The average Bonchev–Trinajstić information content (AvgIpc) is 3.03. The molecule has 0 N–H and O–H groups in total. The fourth-order valence-corrected chi connectivity index (χ4v) is 4.01. The van der Waals surface area contributed by atoms with Gasteiger partial charge in [-0.25, -0.2) is 4.98 Å². The van der Waals surface area contributed by atoms with E-state index in [1.54, 1.807) is 0 Å². The molecule has 1 aromatic carbocycles. The van der Waals surface area contributed by atoms with E-state index in [1.165, 1.54) is 0 Å². The first-order valence-electron chi connectivity index (χ1n) is 8.49. The SMILES string of the molecule is Clc1cccc2c1C1=CCCN1c1c(-c3noc(C4CC4)n3)ncn1-2. The van der Waals surface area contributed by atoms with Crippen LogP contribution in [0, 0.1) is 0 Å². The number of benzene rings is 1. The summed E-state index contributed by atoms with van der Waals surface area (Å²) in [5.74, 6) is 2.71. The van der Waals surface area contributed by atoms with Gasteiger partial charge in [0, 0.05) is 23.7 Å². The number of hydrogen-bond donors (Lipinski definition) is 0. The molecule has 0 atom stereocenters. The number of imidazole rings is 1. The summed E-state index contributed by atoms with van der Waals surface area (Å²) in [4.78, 5) is 11.5. The summed E-state index contributed by atoms with van der Waals surface area (Å²) in [7, 11) is 0. The lowest BCUT2D eigenvalue weighted by atomic mass is 10.1. The molecule has 3 aliphatic rings. The lowest BCUT2D eigenvalue weighted by Gasteiger charge is -2.31. The Balaban J connectivity index is 1.58. The van der Waals surface area contributed by atoms with E-state index in [0.717, 1.165) is 65.2 Å². The summed E-state index contributed by atoms with van der Waals surface area (Å²) in [6.45, 7) is 0.895. The molecule has 6 nitrogen and oxygen atoms in total. The topological polar surface area (TPSA) is 60.0 Å². The van der Waals surface area contributed by atoms with E-state index in [2.05, 4.69) is 36.7 Å². The monoisotopic (exact) mass is 351 g/mol. The van der Waals surface area contributed by atoms with Gasteiger partial charge < -0.3 is 9.42 Å². The van der Waals surface area contributed by atoms with E-state index in [1.807, 2.05) is 18.5 Å². The van der Waals surface area contributed by atoms with E-state index in [9.17, 15) is 0 Å². The number of rotatable bonds is 2. The van der Waals surface area contributed by atoms with E-state index in [-0.39, 0.29) is 0 Å². The van der Waals surface area contributed by atoms with Crippen molar-refractivity contribution in [3.63, 3.8) is 0 Å². The predicted octanol–water partition coefficient (Wildman–Crippen LogP) is 4.02. The highest BCUT2D eigenvalue weighted by Gasteiger charge is 2.36. The molecule has 0 bridgehead atoms. The Morgan fingerprint density at radius 1 is 1.24 bits per heavy atom. The van der Waals surface area contributed by atoms with Gasteiger partial charge in [0.15, 0.2) is 5.69 Å². The second-order valence-electron chi connectivity index (χ2n) is 6.68. The molecule has 7 heteroatoms. The van der Waals surface area contributed by atoms with Crippen molar-refractivity contribution in [3.05, 3.63) is 47.1 Å². The molecule has 3 aromatic rings. The van der Waals surface area contributed by atoms with Crippen molar-refractivity contribution in [2.24, 2.45) is 0 Å². The van der Waals surface area contributed by atoms with E-state index in [4.69, 9.17) is 16.1 Å². The van der Waals surface area contributed by atoms with Crippen molar-refractivity contribution in [2.45, 2.75) is 25.2 Å². The quantitative estimate of drug-likeness (QED) is 0.698. The van der Waals surface area contributed by atoms with Crippen molar-refractivity contribution in [3.8, 4) is 17.2 Å². The lowest BCUT2D eigenvalue weighted by Crippen LogP contribution is -2.26. The number of fused-ring (bicyclic) bond motifs is 6. The van der Waals surface area contributed by atoms with Crippen LogP contribution in [0.25, 0.3) is 22.9 Å². The first-order valence-corrected chi connectivity index (χ1v) is 8.87. The Labute approximate surface area is 148 Å². The number of anilines is 1. The number of hydrogen-bond acceptors (Lipinski definition) is 5. The fourth-order valence-electron chi connectivity index (χ4n) is 3.75. The van der Waals surface area contributed by atoms with Gasteiger partial charge >= 0.3 is 0 Å². The molecular weight excluding hydrogens is 338 g/mol. The van der Waals surface area contributed by atoms with Crippen molar-refractivity contribution >= 4 is 23.1 Å². The molecule has 0 unspecified atom stereocenters. The van der Waals surface area contributed by atoms with Gasteiger partial charge in [0.1, 0.15) is 12.1 Å². The average molecular weight is 352 g/mol. The van der Waals surface area contributed by atoms with Crippen LogP contribution in [0.15, 0.2) is 35.1 Å². The van der Waals surface area contributed by atoms with E-state index >= 15 is 0 Å². The van der Waals surface area contributed by atoms with Crippen molar-refractivity contribution in [1.82, 2.24) is 19.7 Å². The summed E-state index contributed by atoms with van der Waals surface area (Å²) in [5.41, 5.74) is 4.00. The highest BCUT2D eigenvalue weighted by molar-refractivity contribution is 6.33. The zero-order chi connectivity index (χ0) is 16.5. The van der Waals surface area contributed by atoms with Gasteiger partial charge in [0.25, 0.3) is 0 Å². The summed E-state index contributed by atoms with van der Waals surface area (Å²) in [6, 6.07) is 5.97. The predicted molar refractivity (Wildman–Crippen MR) is 93.8 cm³/mol. The Morgan fingerprint density at radius 3 is 3.04 bits per heavy atom. The molecule has 4 heterocycles. The maximum absolute atomic E-state index is 6.50. The van der Waals surface area contributed by atoms with Crippen molar-refractivity contribution < 1.29 is 4.52 Å². The van der Waals surface area contributed by atoms with Crippen LogP contribution in [0.3, 0.4) is 0 Å². The van der Waals surface area contributed by atoms with Crippen LogP contribution in [0.2, 0.25) is 5.02 Å². The van der Waals surface area contributed by atoms with Gasteiger partial charge in [0.05, 0.1) is 10.7 Å². The Bertz CT molecular complexity index is 1050. The van der Waals surface area contributed by atoms with Gasteiger partial charge in [-0.1, -0.05) is 28.9 Å². The normalized spacial score (nSPS) is 18.0. The van der Waals surface area contributed by atoms with Crippen LogP contribution < -0.4 is 4.90 Å². The first-order chi connectivity index (χ1) is 12.3. The minimum Gasteiger partial charge on any atom is -0.339 e. The third-order valence-corrected chi connectivity index (χ3v) is 5.38. The molecule has 0 amide bonds. The molecule has 2 aromatic heterocycles. The minimum absolute atomic E-state index is 0.432. The third-order valence-electron chi connectivity index (χ3n) is 5.07. The summed E-state index contributed by atoms with van der Waals surface area (Å²) >= 11 is 6.50. The fraction of sp³-hybridized carbons (Fsp3) is 0.278. The second kappa shape index (κ2) is 4.73. The largest absolute Gasteiger partial charge is 0.339 e. The summed E-state index contributed by atoms with van der Waals surface area (Å²) in [5, 5.41) is 4.94. The van der Waals surface area contributed by atoms with Crippen LogP contribution >= 0.6 is 11.6 Å². The molecular formula is C18H14ClN5O. The highest BCUT2D eigenvalue weighted by atomic mass is 35.5. The van der Waals surface area contributed by atoms with Gasteiger partial charge in [-0.05, 0) is 31.4 Å². The Hall–Kier alpha value is -2.60. The Kier molecular flexibility index (Phi) is 2.58. The maximum Gasteiger partial charge on any atom is 0.230 e. The molecule has 1 aliphatic carbocycles. The van der Waals surface area contributed by atoms with Crippen molar-refractivity contribution in [2.75, 3.05) is 11.4 Å². The van der Waals surface area contributed by atoms with Crippen LogP contribution in [0.5, 0.6) is 0 Å². The number of aromatic nitrogens is 4. The molecule has 1 fully saturated rings. The maximum atomic E-state index is 6.50. The molecule has 124 valence electrons. The Morgan fingerprint density at radius 2 is 2.16 bits per heavy atom. The molecule has 0 radical (unpaired) electrons. The summed E-state index contributed by atoms with van der Waals surface area (Å²) in [6.07, 6.45) is 7.30. The van der Waals surface area contributed by atoms with Gasteiger partial charge in [-0.15, -0.1) is 0 Å². The highest BCUT2D eigenvalue weighted by Crippen LogP contribution is 2.47.